The van der Waals surface area contributed by atoms with Crippen molar-refractivity contribution in [3.05, 3.63) is 66.2 Å². The first kappa shape index (κ1) is 23.1. The van der Waals surface area contributed by atoms with Crippen molar-refractivity contribution in [1.29, 1.82) is 0 Å². The number of rotatable bonds is 6. The summed E-state index contributed by atoms with van der Waals surface area (Å²) in [4.78, 5) is 22.1. The molecule has 1 N–H and O–H groups in total. The average molecular weight is 496 g/mol. The van der Waals surface area contributed by atoms with Gasteiger partial charge in [0.05, 0.1) is 18.3 Å². The van der Waals surface area contributed by atoms with E-state index in [1.807, 2.05) is 25.1 Å². The highest BCUT2D eigenvalue weighted by Gasteiger charge is 2.36. The maximum Gasteiger partial charge on any atom is 0.253 e. The van der Waals surface area contributed by atoms with Crippen LogP contribution in [-0.2, 0) is 21.4 Å². The molecule has 1 unspecified atom stereocenters. The lowest BCUT2D eigenvalue weighted by Crippen LogP contribution is -2.55. The van der Waals surface area contributed by atoms with Crippen molar-refractivity contribution in [3.63, 3.8) is 0 Å². The number of ether oxygens (including phenoxy) is 1. The second-order valence-electron chi connectivity index (χ2n) is 8.38. The van der Waals surface area contributed by atoms with E-state index < -0.39 is 10.0 Å². The number of pyridine rings is 1. The number of hydrogen-bond acceptors (Lipinski definition) is 7. The summed E-state index contributed by atoms with van der Waals surface area (Å²) < 4.78 is 35.4. The van der Waals surface area contributed by atoms with Gasteiger partial charge >= 0.3 is 0 Å². The Balaban J connectivity index is 1.41. The molecule has 0 spiro atoms. The monoisotopic (exact) mass is 495 g/mol. The van der Waals surface area contributed by atoms with E-state index in [0.717, 1.165) is 0 Å². The Morgan fingerprint density at radius 3 is 2.74 bits per heavy atom. The number of aromatic amines is 1. The van der Waals surface area contributed by atoms with Crippen LogP contribution in [0, 0.1) is 0 Å². The zero-order valence-corrected chi connectivity index (χ0v) is 20.1. The van der Waals surface area contributed by atoms with Gasteiger partial charge in [0, 0.05) is 56.1 Å². The normalized spacial score (nSPS) is 17.2. The lowest BCUT2D eigenvalue weighted by atomic mass is 10.1. The van der Waals surface area contributed by atoms with E-state index in [-0.39, 0.29) is 23.4 Å². The molecule has 0 radical (unpaired) electrons. The van der Waals surface area contributed by atoms with Crippen LogP contribution in [0.3, 0.4) is 0 Å². The fourth-order valence-electron chi connectivity index (χ4n) is 4.39. The summed E-state index contributed by atoms with van der Waals surface area (Å²) in [6.07, 6.45) is 4.71. The number of H-pyrrole nitrogens is 1. The van der Waals surface area contributed by atoms with Gasteiger partial charge in [0.25, 0.3) is 5.91 Å². The molecule has 4 heterocycles. The van der Waals surface area contributed by atoms with Crippen LogP contribution in [0.4, 0.5) is 0 Å². The number of nitrogens with zero attached hydrogens (tertiary/aromatic N) is 6. The first-order valence-electron chi connectivity index (χ1n) is 11.1. The molecule has 1 aliphatic rings. The van der Waals surface area contributed by atoms with Gasteiger partial charge in [0.15, 0.2) is 5.82 Å². The second-order valence-corrected chi connectivity index (χ2v) is 10.2. The van der Waals surface area contributed by atoms with Crippen LogP contribution < -0.4 is 0 Å². The number of methoxy groups -OCH3 is 1. The maximum absolute atomic E-state index is 13.7. The molecule has 12 heteroatoms. The van der Waals surface area contributed by atoms with Gasteiger partial charge in [-0.15, -0.1) is 5.10 Å². The standard InChI is InChI=1S/C23H25N7O4S/c1-16-13-28(23(31)17-6-4-3-5-7-17)10-11-30(16)35(32,33)20-12-25-21-19(20)8-9-24-22(21)29-14-18(15-34-2)26-27-29/h3-9,12,14,16,25H,10-11,13,15H2,1-2H3. The van der Waals surface area contributed by atoms with E-state index in [0.29, 0.717) is 47.7 Å². The van der Waals surface area contributed by atoms with Crippen molar-refractivity contribution in [2.45, 2.75) is 24.5 Å². The van der Waals surface area contributed by atoms with Crippen molar-refractivity contribution in [1.82, 2.24) is 34.2 Å². The lowest BCUT2D eigenvalue weighted by molar-refractivity contribution is 0.0642. The van der Waals surface area contributed by atoms with E-state index in [1.165, 1.54) is 15.2 Å². The van der Waals surface area contributed by atoms with Gasteiger partial charge in [0.2, 0.25) is 10.0 Å². The van der Waals surface area contributed by atoms with Gasteiger partial charge in [-0.2, -0.15) is 8.99 Å². The largest absolute Gasteiger partial charge is 0.378 e. The average Bonchev–Trinajstić information content (AvgIpc) is 3.52. The number of aromatic nitrogens is 5. The number of sulfonamides is 1. The third-order valence-electron chi connectivity index (χ3n) is 6.06. The van der Waals surface area contributed by atoms with E-state index in [1.54, 1.807) is 42.6 Å². The highest BCUT2D eigenvalue weighted by atomic mass is 32.2. The fraction of sp³-hybridized carbons (Fsp3) is 0.304. The molecule has 3 aromatic heterocycles. The van der Waals surface area contributed by atoms with Gasteiger partial charge in [-0.1, -0.05) is 23.4 Å². The minimum Gasteiger partial charge on any atom is -0.378 e. The van der Waals surface area contributed by atoms with Gasteiger partial charge in [-0.3, -0.25) is 4.79 Å². The quantitative estimate of drug-likeness (QED) is 0.432. The highest BCUT2D eigenvalue weighted by Crippen LogP contribution is 2.30. The molecule has 1 aliphatic heterocycles. The number of carbonyl (C=O) groups is 1. The molecule has 0 bridgehead atoms. The molecule has 1 aromatic carbocycles. The summed E-state index contributed by atoms with van der Waals surface area (Å²) in [5, 5.41) is 8.64. The maximum atomic E-state index is 13.7. The number of amides is 1. The van der Waals surface area contributed by atoms with E-state index in [4.69, 9.17) is 4.74 Å². The molecule has 182 valence electrons. The highest BCUT2D eigenvalue weighted by molar-refractivity contribution is 7.89. The molecule has 5 rings (SSSR count). The Kier molecular flexibility index (Phi) is 6.09. The van der Waals surface area contributed by atoms with Crippen molar-refractivity contribution < 1.29 is 17.9 Å². The first-order valence-corrected chi connectivity index (χ1v) is 12.6. The third-order valence-corrected chi connectivity index (χ3v) is 8.11. The van der Waals surface area contributed by atoms with Crippen molar-refractivity contribution >= 4 is 26.8 Å². The summed E-state index contributed by atoms with van der Waals surface area (Å²) in [7, 11) is -2.27. The molecule has 35 heavy (non-hydrogen) atoms. The Bertz CT molecular complexity index is 1470. The van der Waals surface area contributed by atoms with E-state index in [9.17, 15) is 13.2 Å². The van der Waals surface area contributed by atoms with Crippen LogP contribution in [-0.4, -0.2) is 81.3 Å². The minimum absolute atomic E-state index is 0.0991. The van der Waals surface area contributed by atoms with Crippen LogP contribution >= 0.6 is 0 Å². The van der Waals surface area contributed by atoms with E-state index in [2.05, 4.69) is 20.3 Å². The SMILES string of the molecule is COCc1cn(-c2nccc3c(S(=O)(=O)N4CCN(C(=O)c5ccccc5)CC4C)c[nH]c23)nn1. The molecule has 1 fully saturated rings. The third kappa shape index (κ3) is 4.20. The van der Waals surface area contributed by atoms with Crippen LogP contribution in [0.15, 0.2) is 59.9 Å². The predicted molar refractivity (Wildman–Crippen MR) is 127 cm³/mol. The van der Waals surface area contributed by atoms with E-state index >= 15 is 0 Å². The molecular formula is C23H25N7O4S. The molecule has 1 atom stereocenters. The Morgan fingerprint density at radius 2 is 2.00 bits per heavy atom. The van der Waals surface area contributed by atoms with Gasteiger partial charge < -0.3 is 14.6 Å². The Morgan fingerprint density at radius 1 is 1.20 bits per heavy atom. The van der Waals surface area contributed by atoms with Gasteiger partial charge in [-0.05, 0) is 25.1 Å². The van der Waals surface area contributed by atoms with Gasteiger partial charge in [0.1, 0.15) is 10.6 Å². The van der Waals surface area contributed by atoms with Crippen LogP contribution in [0.25, 0.3) is 16.7 Å². The summed E-state index contributed by atoms with van der Waals surface area (Å²) >= 11 is 0. The predicted octanol–water partition coefficient (Wildman–Crippen LogP) is 1.83. The number of hydrogen-bond donors (Lipinski definition) is 1. The fourth-order valence-corrected chi connectivity index (χ4v) is 6.16. The zero-order valence-electron chi connectivity index (χ0n) is 19.3. The number of piperazine rings is 1. The van der Waals surface area contributed by atoms with Crippen molar-refractivity contribution in [3.8, 4) is 5.82 Å². The van der Waals surface area contributed by atoms with Crippen LogP contribution in [0.2, 0.25) is 0 Å². The zero-order chi connectivity index (χ0) is 24.6. The minimum atomic E-state index is -3.84. The Labute approximate surface area is 202 Å². The first-order chi connectivity index (χ1) is 16.9. The smallest absolute Gasteiger partial charge is 0.253 e. The van der Waals surface area contributed by atoms with Crippen LogP contribution in [0.1, 0.15) is 23.0 Å². The summed E-state index contributed by atoms with van der Waals surface area (Å²) in [6, 6.07) is 10.3. The summed E-state index contributed by atoms with van der Waals surface area (Å²) in [5.74, 6) is 0.336. The number of benzene rings is 1. The molecule has 11 nitrogen and oxygen atoms in total. The van der Waals surface area contributed by atoms with Gasteiger partial charge in [-0.25, -0.2) is 13.4 Å². The van der Waals surface area contributed by atoms with Crippen LogP contribution in [0.5, 0.6) is 0 Å². The second kappa shape index (κ2) is 9.21. The lowest BCUT2D eigenvalue weighted by Gasteiger charge is -2.38. The molecule has 1 amide bonds. The topological polar surface area (TPSA) is 126 Å². The summed E-state index contributed by atoms with van der Waals surface area (Å²) in [6.45, 7) is 2.95. The van der Waals surface area contributed by atoms with Crippen molar-refractivity contribution in [2.75, 3.05) is 26.7 Å². The molecule has 0 aliphatic carbocycles. The molecule has 0 saturated carbocycles. The molecular weight excluding hydrogens is 470 g/mol. The molecule has 4 aromatic rings. The number of carbonyl (C=O) groups excluding carboxylic acids is 1. The number of nitrogens with one attached hydrogen (secondary N) is 1. The summed E-state index contributed by atoms with van der Waals surface area (Å²) in [5.41, 5.74) is 1.75. The van der Waals surface area contributed by atoms with Crippen molar-refractivity contribution in [2.24, 2.45) is 0 Å². The molecule has 1 saturated heterocycles. The number of fused-ring (bicyclic) bond motifs is 1. The Hall–Kier alpha value is -3.61.